The van der Waals surface area contributed by atoms with Gasteiger partial charge in [0.1, 0.15) is 0 Å². The number of carbonyl (C=O) groups excluding carboxylic acids is 1. The number of quaternary nitrogens is 1. The van der Waals surface area contributed by atoms with E-state index in [1.807, 2.05) is 12.1 Å². The van der Waals surface area contributed by atoms with Crippen molar-refractivity contribution < 1.29 is 9.69 Å². The van der Waals surface area contributed by atoms with Gasteiger partial charge in [-0.3, -0.25) is 4.79 Å². The minimum absolute atomic E-state index is 0.260. The molecule has 0 aliphatic rings. The van der Waals surface area contributed by atoms with Crippen LogP contribution >= 0.6 is 0 Å². The Morgan fingerprint density at radius 2 is 1.78 bits per heavy atom. The van der Waals surface area contributed by atoms with E-state index in [1.54, 1.807) is 0 Å². The van der Waals surface area contributed by atoms with Gasteiger partial charge in [0.15, 0.2) is 5.78 Å². The third kappa shape index (κ3) is 5.46. The first-order valence-electron chi connectivity index (χ1n) is 7.04. The number of Topliss-reactive ketones (excluding diaryl/α,β-unsaturated/α-hetero) is 1. The molecule has 0 spiro atoms. The number of ketones is 1. The van der Waals surface area contributed by atoms with Gasteiger partial charge >= 0.3 is 0 Å². The fourth-order valence-electron chi connectivity index (χ4n) is 1.94. The van der Waals surface area contributed by atoms with Gasteiger partial charge in [-0.05, 0) is 18.4 Å². The van der Waals surface area contributed by atoms with E-state index in [9.17, 15) is 4.79 Å². The van der Waals surface area contributed by atoms with Crippen molar-refractivity contribution in [2.75, 3.05) is 20.6 Å². The van der Waals surface area contributed by atoms with Crippen LogP contribution in [0.4, 0.5) is 0 Å². The average Bonchev–Trinajstić information content (AvgIpc) is 2.37. The Bertz CT molecular complexity index is 354. The summed E-state index contributed by atoms with van der Waals surface area (Å²) < 4.78 is 0. The van der Waals surface area contributed by atoms with E-state index in [2.05, 4.69) is 33.2 Å². The summed E-state index contributed by atoms with van der Waals surface area (Å²) in [4.78, 5) is 13.2. The molecule has 2 heteroatoms. The number of rotatable bonds is 8. The molecule has 0 fully saturated rings. The molecule has 18 heavy (non-hydrogen) atoms. The lowest BCUT2D eigenvalue weighted by atomic mass is 10.0. The molecule has 0 radical (unpaired) electrons. The molecule has 0 aromatic heterocycles. The van der Waals surface area contributed by atoms with Gasteiger partial charge in [0.25, 0.3) is 0 Å². The number of unbranched alkanes of at least 4 members (excludes halogenated alkanes) is 2. The van der Waals surface area contributed by atoms with Gasteiger partial charge in [0.05, 0.1) is 27.1 Å². The SMILES string of the molecule is CCCCCc1ccc(C(=O)CC[NH+](C)C)cc1. The summed E-state index contributed by atoms with van der Waals surface area (Å²) in [5.74, 6) is 0.260. The van der Waals surface area contributed by atoms with Crippen molar-refractivity contribution in [3.05, 3.63) is 35.4 Å². The van der Waals surface area contributed by atoms with E-state index in [0.29, 0.717) is 6.42 Å². The quantitative estimate of drug-likeness (QED) is 0.552. The maximum atomic E-state index is 11.9. The molecule has 1 N–H and O–H groups in total. The largest absolute Gasteiger partial charge is 0.339 e. The highest BCUT2D eigenvalue weighted by Gasteiger charge is 2.07. The predicted octanol–water partition coefficient (Wildman–Crippen LogP) is 2.14. The Morgan fingerprint density at radius 3 is 2.33 bits per heavy atom. The van der Waals surface area contributed by atoms with Crippen LogP contribution in [0.5, 0.6) is 0 Å². The third-order valence-corrected chi connectivity index (χ3v) is 3.20. The highest BCUT2D eigenvalue weighted by atomic mass is 16.1. The Morgan fingerprint density at radius 1 is 1.11 bits per heavy atom. The topological polar surface area (TPSA) is 21.5 Å². The summed E-state index contributed by atoms with van der Waals surface area (Å²) >= 11 is 0. The molecular weight excluding hydrogens is 222 g/mol. The predicted molar refractivity (Wildman–Crippen MR) is 76.3 cm³/mol. The number of hydrogen-bond acceptors (Lipinski definition) is 1. The molecule has 1 aromatic rings. The second-order valence-corrected chi connectivity index (χ2v) is 5.28. The number of aryl methyl sites for hydroxylation is 1. The fraction of sp³-hybridized carbons (Fsp3) is 0.562. The van der Waals surface area contributed by atoms with Gasteiger partial charge in [-0.25, -0.2) is 0 Å². The Kier molecular flexibility index (Phi) is 6.66. The zero-order chi connectivity index (χ0) is 13.4. The first-order chi connectivity index (χ1) is 8.63. The molecule has 0 amide bonds. The van der Waals surface area contributed by atoms with Gasteiger partial charge in [-0.15, -0.1) is 0 Å². The highest BCUT2D eigenvalue weighted by Crippen LogP contribution is 2.10. The molecule has 0 aliphatic heterocycles. The van der Waals surface area contributed by atoms with Crippen LogP contribution in [0.3, 0.4) is 0 Å². The summed E-state index contributed by atoms with van der Waals surface area (Å²) in [7, 11) is 4.15. The van der Waals surface area contributed by atoms with Gasteiger partial charge in [0, 0.05) is 5.56 Å². The lowest BCUT2D eigenvalue weighted by Gasteiger charge is -2.07. The minimum atomic E-state index is 0.260. The standard InChI is InChI=1S/C16H25NO/c1-4-5-6-7-14-8-10-15(11-9-14)16(18)12-13-17(2)3/h8-11H,4-7,12-13H2,1-3H3/p+1. The van der Waals surface area contributed by atoms with Crippen LogP contribution in [0.2, 0.25) is 0 Å². The summed E-state index contributed by atoms with van der Waals surface area (Å²) in [6.45, 7) is 3.12. The van der Waals surface area contributed by atoms with E-state index >= 15 is 0 Å². The lowest BCUT2D eigenvalue weighted by molar-refractivity contribution is -0.857. The molecule has 0 heterocycles. The molecular formula is C16H26NO+. The average molecular weight is 248 g/mol. The minimum Gasteiger partial charge on any atom is -0.339 e. The monoisotopic (exact) mass is 248 g/mol. The van der Waals surface area contributed by atoms with Gasteiger partial charge < -0.3 is 4.90 Å². The van der Waals surface area contributed by atoms with E-state index < -0.39 is 0 Å². The van der Waals surface area contributed by atoms with Crippen molar-refractivity contribution >= 4 is 5.78 Å². The first kappa shape index (κ1) is 14.9. The second kappa shape index (κ2) is 8.04. The van der Waals surface area contributed by atoms with Crippen LogP contribution in [0.15, 0.2) is 24.3 Å². The number of benzene rings is 1. The third-order valence-electron chi connectivity index (χ3n) is 3.20. The van der Waals surface area contributed by atoms with Gasteiger partial charge in [-0.2, -0.15) is 0 Å². The Hall–Kier alpha value is -1.15. The molecule has 0 unspecified atom stereocenters. The van der Waals surface area contributed by atoms with Crippen LogP contribution < -0.4 is 4.90 Å². The molecule has 100 valence electrons. The summed E-state index contributed by atoms with van der Waals surface area (Å²) in [5, 5.41) is 0. The molecule has 0 bridgehead atoms. The lowest BCUT2D eigenvalue weighted by Crippen LogP contribution is -3.05. The van der Waals surface area contributed by atoms with Crippen molar-refractivity contribution in [2.45, 2.75) is 39.0 Å². The number of carbonyl (C=O) groups is 1. The molecule has 0 saturated carbocycles. The van der Waals surface area contributed by atoms with E-state index in [4.69, 9.17) is 0 Å². The second-order valence-electron chi connectivity index (χ2n) is 5.28. The number of hydrogen-bond donors (Lipinski definition) is 1. The Balaban J connectivity index is 2.46. The van der Waals surface area contributed by atoms with Crippen molar-refractivity contribution in [1.82, 2.24) is 0 Å². The van der Waals surface area contributed by atoms with E-state index in [0.717, 1.165) is 18.5 Å². The van der Waals surface area contributed by atoms with Gasteiger partial charge in [0.2, 0.25) is 0 Å². The zero-order valence-electron chi connectivity index (χ0n) is 12.0. The normalized spacial score (nSPS) is 10.9. The molecule has 1 rings (SSSR count). The number of nitrogens with one attached hydrogen (secondary N) is 1. The first-order valence-corrected chi connectivity index (χ1v) is 7.04. The summed E-state index contributed by atoms with van der Waals surface area (Å²) in [6, 6.07) is 8.17. The van der Waals surface area contributed by atoms with E-state index in [1.165, 1.54) is 29.7 Å². The maximum absolute atomic E-state index is 11.9. The summed E-state index contributed by atoms with van der Waals surface area (Å²) in [5.41, 5.74) is 2.20. The van der Waals surface area contributed by atoms with Crippen molar-refractivity contribution in [3.8, 4) is 0 Å². The fourth-order valence-corrected chi connectivity index (χ4v) is 1.94. The van der Waals surface area contributed by atoms with Crippen LogP contribution in [-0.2, 0) is 6.42 Å². The van der Waals surface area contributed by atoms with Crippen LogP contribution in [0.25, 0.3) is 0 Å². The van der Waals surface area contributed by atoms with Crippen LogP contribution in [0.1, 0.15) is 48.5 Å². The molecule has 2 nitrogen and oxygen atoms in total. The molecule has 0 saturated heterocycles. The molecule has 1 aromatic carbocycles. The van der Waals surface area contributed by atoms with Crippen LogP contribution in [0, 0.1) is 0 Å². The van der Waals surface area contributed by atoms with E-state index in [-0.39, 0.29) is 5.78 Å². The molecule has 0 aliphatic carbocycles. The van der Waals surface area contributed by atoms with Crippen molar-refractivity contribution in [1.29, 1.82) is 0 Å². The highest BCUT2D eigenvalue weighted by molar-refractivity contribution is 5.96. The van der Waals surface area contributed by atoms with Gasteiger partial charge in [-0.1, -0.05) is 44.0 Å². The van der Waals surface area contributed by atoms with Crippen molar-refractivity contribution in [3.63, 3.8) is 0 Å². The Labute approximate surface area is 111 Å². The molecule has 0 atom stereocenters. The van der Waals surface area contributed by atoms with Crippen molar-refractivity contribution in [2.24, 2.45) is 0 Å². The zero-order valence-corrected chi connectivity index (χ0v) is 12.0. The smallest absolute Gasteiger partial charge is 0.168 e. The van der Waals surface area contributed by atoms with Crippen LogP contribution in [-0.4, -0.2) is 26.4 Å². The summed E-state index contributed by atoms with van der Waals surface area (Å²) in [6.07, 6.45) is 5.55. The maximum Gasteiger partial charge on any atom is 0.168 e.